The van der Waals surface area contributed by atoms with E-state index in [4.69, 9.17) is 16.3 Å². The summed E-state index contributed by atoms with van der Waals surface area (Å²) in [6.07, 6.45) is 0. The minimum absolute atomic E-state index is 0.133. The minimum atomic E-state index is -0.354. The van der Waals surface area contributed by atoms with Gasteiger partial charge in [-0.05, 0) is 52.2 Å². The van der Waals surface area contributed by atoms with Gasteiger partial charge in [-0.3, -0.25) is 0 Å². The molecule has 0 saturated carbocycles. The molecule has 0 radical (unpaired) electrons. The molecular weight excluding hydrogens is 410 g/mol. The molecule has 0 aliphatic heterocycles. The van der Waals surface area contributed by atoms with Crippen LogP contribution in [0.15, 0.2) is 34.8 Å². The summed E-state index contributed by atoms with van der Waals surface area (Å²) in [5, 5.41) is 0.671. The Balaban J connectivity index is 2.52. The topological polar surface area (TPSA) is 9.23 Å². The molecule has 20 heavy (non-hydrogen) atoms. The molecule has 5 heteroatoms. The van der Waals surface area contributed by atoms with E-state index in [2.05, 4.69) is 31.9 Å². The molecule has 0 aromatic heterocycles. The highest BCUT2D eigenvalue weighted by molar-refractivity contribution is 9.10. The highest BCUT2D eigenvalue weighted by Crippen LogP contribution is 2.40. The van der Waals surface area contributed by atoms with Crippen LogP contribution in [-0.2, 0) is 0 Å². The Morgan fingerprint density at radius 1 is 1.20 bits per heavy atom. The summed E-state index contributed by atoms with van der Waals surface area (Å²) in [5.41, 5.74) is 2.89. The Bertz CT molecular complexity index is 626. The van der Waals surface area contributed by atoms with Crippen molar-refractivity contribution in [2.45, 2.75) is 11.8 Å². The Kier molecular flexibility index (Phi) is 5.10. The molecule has 0 heterocycles. The van der Waals surface area contributed by atoms with E-state index in [9.17, 15) is 4.39 Å². The largest absolute Gasteiger partial charge is 0.496 e. The first-order valence-electron chi connectivity index (χ1n) is 5.86. The van der Waals surface area contributed by atoms with Gasteiger partial charge in [0, 0.05) is 16.7 Å². The third-order valence-corrected chi connectivity index (χ3v) is 4.75. The third-order valence-electron chi connectivity index (χ3n) is 2.90. The van der Waals surface area contributed by atoms with Crippen LogP contribution in [0.25, 0.3) is 0 Å². The lowest BCUT2D eigenvalue weighted by atomic mass is 10.0. The lowest BCUT2D eigenvalue weighted by Gasteiger charge is -2.16. The molecule has 2 rings (SSSR count). The summed E-state index contributed by atoms with van der Waals surface area (Å²) in [4.78, 5) is -0.133. The van der Waals surface area contributed by atoms with Crippen molar-refractivity contribution in [3.63, 3.8) is 0 Å². The second-order valence-corrected chi connectivity index (χ2v) is 6.64. The van der Waals surface area contributed by atoms with Gasteiger partial charge in [-0.1, -0.05) is 33.6 Å². The van der Waals surface area contributed by atoms with Crippen molar-refractivity contribution in [2.75, 3.05) is 7.11 Å². The van der Waals surface area contributed by atoms with Gasteiger partial charge in [-0.15, -0.1) is 0 Å². The van der Waals surface area contributed by atoms with Gasteiger partial charge in [-0.2, -0.15) is 0 Å². The predicted octanol–water partition coefficient (Wildman–Crippen LogP) is 6.04. The van der Waals surface area contributed by atoms with Gasteiger partial charge < -0.3 is 4.74 Å². The molecule has 2 aromatic carbocycles. The van der Waals surface area contributed by atoms with Crippen LogP contribution < -0.4 is 4.74 Å². The van der Waals surface area contributed by atoms with E-state index >= 15 is 0 Å². The smallest absolute Gasteiger partial charge is 0.141 e. The van der Waals surface area contributed by atoms with Crippen molar-refractivity contribution in [2.24, 2.45) is 0 Å². The zero-order chi connectivity index (χ0) is 14.9. The van der Waals surface area contributed by atoms with Gasteiger partial charge >= 0.3 is 0 Å². The zero-order valence-electron chi connectivity index (χ0n) is 10.9. The SMILES string of the molecule is COc1cc(F)c(Br)cc1C(Br)c1cc(C)cc(Cl)c1. The number of alkyl halides is 1. The number of ether oxygens (including phenoxy) is 1. The summed E-state index contributed by atoms with van der Waals surface area (Å²) in [6, 6.07) is 8.88. The number of hydrogen-bond donors (Lipinski definition) is 0. The standard InChI is InChI=1S/C15H12Br2ClFO/c1-8-3-9(5-10(18)4-8)15(17)11-6-12(16)13(19)7-14(11)20-2/h3-7,15H,1-2H3. The van der Waals surface area contributed by atoms with E-state index in [-0.39, 0.29) is 10.6 Å². The van der Waals surface area contributed by atoms with Crippen molar-refractivity contribution in [3.8, 4) is 5.75 Å². The summed E-state index contributed by atoms with van der Waals surface area (Å²) >= 11 is 12.9. The van der Waals surface area contributed by atoms with Gasteiger partial charge in [-0.25, -0.2) is 4.39 Å². The maximum Gasteiger partial charge on any atom is 0.141 e. The van der Waals surface area contributed by atoms with Crippen molar-refractivity contribution < 1.29 is 9.13 Å². The number of halogens is 4. The van der Waals surface area contributed by atoms with Gasteiger partial charge in [0.25, 0.3) is 0 Å². The molecular formula is C15H12Br2ClFO. The van der Waals surface area contributed by atoms with Gasteiger partial charge in [0.15, 0.2) is 0 Å². The fourth-order valence-corrected chi connectivity index (χ4v) is 3.29. The maximum atomic E-state index is 13.6. The summed E-state index contributed by atoms with van der Waals surface area (Å²) in [5.74, 6) is 0.137. The highest BCUT2D eigenvalue weighted by Gasteiger charge is 2.18. The molecule has 0 fully saturated rings. The number of rotatable bonds is 3. The van der Waals surface area contributed by atoms with Crippen molar-refractivity contribution >= 4 is 43.5 Å². The Hall–Kier alpha value is -0.580. The molecule has 2 aromatic rings. The van der Waals surface area contributed by atoms with Crippen LogP contribution in [0.4, 0.5) is 4.39 Å². The number of aryl methyl sites for hydroxylation is 1. The quantitative estimate of drug-likeness (QED) is 0.548. The van der Waals surface area contributed by atoms with Gasteiger partial charge in [0.1, 0.15) is 11.6 Å². The molecule has 0 spiro atoms. The molecule has 0 amide bonds. The first-order valence-corrected chi connectivity index (χ1v) is 7.95. The lowest BCUT2D eigenvalue weighted by molar-refractivity contribution is 0.406. The fraction of sp³-hybridized carbons (Fsp3) is 0.200. The van der Waals surface area contributed by atoms with Crippen molar-refractivity contribution in [1.82, 2.24) is 0 Å². The van der Waals surface area contributed by atoms with E-state index in [0.29, 0.717) is 15.2 Å². The Morgan fingerprint density at radius 3 is 2.50 bits per heavy atom. The number of benzene rings is 2. The second-order valence-electron chi connectivity index (χ2n) is 4.43. The van der Waals surface area contributed by atoms with Crippen molar-refractivity contribution in [3.05, 3.63) is 62.3 Å². The van der Waals surface area contributed by atoms with Crippen LogP contribution in [0.1, 0.15) is 21.5 Å². The zero-order valence-corrected chi connectivity index (χ0v) is 14.8. The lowest BCUT2D eigenvalue weighted by Crippen LogP contribution is -1.99. The third kappa shape index (κ3) is 3.35. The van der Waals surface area contributed by atoms with Crippen LogP contribution in [0.5, 0.6) is 5.75 Å². The van der Waals surface area contributed by atoms with Crippen LogP contribution >= 0.6 is 43.5 Å². The van der Waals surface area contributed by atoms with Crippen LogP contribution in [0.2, 0.25) is 5.02 Å². The second kappa shape index (κ2) is 6.46. The molecule has 1 atom stereocenters. The number of hydrogen-bond acceptors (Lipinski definition) is 1. The van der Waals surface area contributed by atoms with Crippen LogP contribution in [0.3, 0.4) is 0 Å². The first-order chi connectivity index (χ1) is 9.42. The van der Waals surface area contributed by atoms with E-state index in [1.54, 1.807) is 6.07 Å². The molecule has 0 aliphatic rings. The molecule has 1 unspecified atom stereocenters. The normalized spacial score (nSPS) is 12.3. The van der Waals surface area contributed by atoms with Gasteiger partial charge in [0.05, 0.1) is 16.4 Å². The van der Waals surface area contributed by atoms with Crippen LogP contribution in [0, 0.1) is 12.7 Å². The summed E-state index contributed by atoms with van der Waals surface area (Å²) < 4.78 is 19.2. The Morgan fingerprint density at radius 2 is 1.90 bits per heavy atom. The molecule has 106 valence electrons. The van der Waals surface area contributed by atoms with Crippen molar-refractivity contribution in [1.29, 1.82) is 0 Å². The maximum absolute atomic E-state index is 13.6. The average Bonchev–Trinajstić information content (AvgIpc) is 2.39. The van der Waals surface area contributed by atoms with E-state index < -0.39 is 0 Å². The molecule has 1 nitrogen and oxygen atoms in total. The fourth-order valence-electron chi connectivity index (χ4n) is 2.01. The molecule has 0 N–H and O–H groups in total. The summed E-state index contributed by atoms with van der Waals surface area (Å²) in [7, 11) is 1.52. The molecule has 0 aliphatic carbocycles. The van der Waals surface area contributed by atoms with E-state index in [1.165, 1.54) is 13.2 Å². The average molecular weight is 423 g/mol. The van der Waals surface area contributed by atoms with Crippen LogP contribution in [-0.4, -0.2) is 7.11 Å². The number of methoxy groups -OCH3 is 1. The van der Waals surface area contributed by atoms with E-state index in [0.717, 1.165) is 16.7 Å². The molecule has 0 bridgehead atoms. The summed E-state index contributed by atoms with van der Waals surface area (Å²) in [6.45, 7) is 1.98. The molecule has 0 saturated heterocycles. The first kappa shape index (κ1) is 15.8. The van der Waals surface area contributed by atoms with Gasteiger partial charge in [0.2, 0.25) is 0 Å². The minimum Gasteiger partial charge on any atom is -0.496 e. The van der Waals surface area contributed by atoms with E-state index in [1.807, 2.05) is 25.1 Å². The monoisotopic (exact) mass is 420 g/mol. The highest BCUT2D eigenvalue weighted by atomic mass is 79.9. The Labute approximate surface area is 139 Å². The predicted molar refractivity (Wildman–Crippen MR) is 87.6 cm³/mol.